The number of nitrogens with one attached hydrogen (secondary N) is 2. The van der Waals surface area contributed by atoms with E-state index in [-0.39, 0.29) is 17.6 Å². The molecule has 1 atom stereocenters. The van der Waals surface area contributed by atoms with E-state index >= 15 is 0 Å². The number of halogens is 1. The first kappa shape index (κ1) is 18.8. The second kappa shape index (κ2) is 8.58. The molecule has 2 N–H and O–H groups in total. The van der Waals surface area contributed by atoms with E-state index in [0.717, 1.165) is 45.2 Å². The molecule has 5 nitrogen and oxygen atoms in total. The van der Waals surface area contributed by atoms with Crippen LogP contribution in [0.15, 0.2) is 24.3 Å². The van der Waals surface area contributed by atoms with E-state index in [1.54, 1.807) is 16.4 Å². The molecular formula is C18H28FN3O2S. The highest BCUT2D eigenvalue weighted by Gasteiger charge is 2.29. The Kier molecular flexibility index (Phi) is 6.44. The van der Waals surface area contributed by atoms with Crippen LogP contribution in [-0.2, 0) is 15.8 Å². The van der Waals surface area contributed by atoms with Crippen LogP contribution in [0, 0.1) is 5.82 Å². The van der Waals surface area contributed by atoms with Crippen LogP contribution in [0.25, 0.3) is 0 Å². The molecule has 2 fully saturated rings. The SMILES string of the molecule is O=S(=O)(Cc1ccc(F)cc1)N1CCCC[C@H](NC2CCNCC2)C1. The fraction of sp³-hybridized carbons (Fsp3) is 0.667. The Bertz CT molecular complexity index is 645. The summed E-state index contributed by atoms with van der Waals surface area (Å²) in [4.78, 5) is 0. The normalized spacial score (nSPS) is 24.1. The van der Waals surface area contributed by atoms with Gasteiger partial charge in [-0.3, -0.25) is 0 Å². The molecule has 140 valence electrons. The van der Waals surface area contributed by atoms with E-state index in [9.17, 15) is 12.8 Å². The number of hydrogen-bond donors (Lipinski definition) is 2. The zero-order chi connectivity index (χ0) is 17.7. The van der Waals surface area contributed by atoms with Crippen LogP contribution in [0.1, 0.15) is 37.7 Å². The second-order valence-corrected chi connectivity index (χ2v) is 9.09. The smallest absolute Gasteiger partial charge is 0.218 e. The highest BCUT2D eigenvalue weighted by molar-refractivity contribution is 7.88. The minimum atomic E-state index is -3.39. The summed E-state index contributed by atoms with van der Waals surface area (Å²) >= 11 is 0. The Morgan fingerprint density at radius 3 is 2.52 bits per heavy atom. The molecular weight excluding hydrogens is 341 g/mol. The van der Waals surface area contributed by atoms with Crippen LogP contribution in [-0.4, -0.2) is 51.0 Å². The molecule has 2 saturated heterocycles. The van der Waals surface area contributed by atoms with Crippen molar-refractivity contribution in [2.24, 2.45) is 0 Å². The molecule has 2 aliphatic rings. The van der Waals surface area contributed by atoms with Gasteiger partial charge in [0.05, 0.1) is 5.75 Å². The lowest BCUT2D eigenvalue weighted by Crippen LogP contribution is -2.49. The van der Waals surface area contributed by atoms with Gasteiger partial charge in [0.15, 0.2) is 0 Å². The summed E-state index contributed by atoms with van der Waals surface area (Å²) in [7, 11) is -3.39. The maximum absolute atomic E-state index is 13.0. The lowest BCUT2D eigenvalue weighted by atomic mass is 10.0. The monoisotopic (exact) mass is 369 g/mol. The molecule has 0 bridgehead atoms. The van der Waals surface area contributed by atoms with E-state index in [1.807, 2.05) is 0 Å². The lowest BCUT2D eigenvalue weighted by Gasteiger charge is -2.30. The fourth-order valence-corrected chi connectivity index (χ4v) is 5.31. The van der Waals surface area contributed by atoms with Gasteiger partial charge < -0.3 is 10.6 Å². The van der Waals surface area contributed by atoms with Crippen LogP contribution >= 0.6 is 0 Å². The van der Waals surface area contributed by atoms with Crippen molar-refractivity contribution in [2.45, 2.75) is 49.9 Å². The molecule has 0 amide bonds. The Hall–Kier alpha value is -1.02. The number of rotatable bonds is 5. The first-order valence-electron chi connectivity index (χ1n) is 9.22. The number of nitrogens with zero attached hydrogens (tertiary/aromatic N) is 1. The van der Waals surface area contributed by atoms with Gasteiger partial charge in [0.2, 0.25) is 10.0 Å². The Balaban J connectivity index is 1.63. The van der Waals surface area contributed by atoms with Crippen LogP contribution in [0.3, 0.4) is 0 Å². The van der Waals surface area contributed by atoms with Gasteiger partial charge in [0.1, 0.15) is 5.82 Å². The molecule has 7 heteroatoms. The summed E-state index contributed by atoms with van der Waals surface area (Å²) in [6.07, 6.45) is 5.16. The molecule has 2 heterocycles. The molecule has 0 saturated carbocycles. The second-order valence-electron chi connectivity index (χ2n) is 7.12. The van der Waals surface area contributed by atoms with Crippen molar-refractivity contribution in [1.29, 1.82) is 0 Å². The molecule has 0 radical (unpaired) electrons. The summed E-state index contributed by atoms with van der Waals surface area (Å²) in [6, 6.07) is 6.42. The predicted octanol–water partition coefficient (Wildman–Crippen LogP) is 1.85. The van der Waals surface area contributed by atoms with Crippen LogP contribution < -0.4 is 10.6 Å². The van der Waals surface area contributed by atoms with Crippen LogP contribution in [0.4, 0.5) is 4.39 Å². The largest absolute Gasteiger partial charge is 0.317 e. The molecule has 0 aromatic heterocycles. The van der Waals surface area contributed by atoms with Crippen molar-refractivity contribution in [2.75, 3.05) is 26.2 Å². The average Bonchev–Trinajstić information content (AvgIpc) is 2.84. The topological polar surface area (TPSA) is 61.4 Å². The Labute approximate surface area is 150 Å². The predicted molar refractivity (Wildman–Crippen MR) is 97.3 cm³/mol. The minimum Gasteiger partial charge on any atom is -0.317 e. The molecule has 3 rings (SSSR count). The number of benzene rings is 1. The third-order valence-corrected chi connectivity index (χ3v) is 6.92. The van der Waals surface area contributed by atoms with Gasteiger partial charge in [-0.15, -0.1) is 0 Å². The van der Waals surface area contributed by atoms with Gasteiger partial charge in [0, 0.05) is 25.2 Å². The first-order chi connectivity index (χ1) is 12.0. The van der Waals surface area contributed by atoms with Crippen LogP contribution in [0.2, 0.25) is 0 Å². The maximum atomic E-state index is 13.0. The van der Waals surface area contributed by atoms with Gasteiger partial charge in [0.25, 0.3) is 0 Å². The van der Waals surface area contributed by atoms with Gasteiger partial charge in [-0.2, -0.15) is 0 Å². The quantitative estimate of drug-likeness (QED) is 0.832. The molecule has 1 aromatic carbocycles. The molecule has 0 aliphatic carbocycles. The zero-order valence-electron chi connectivity index (χ0n) is 14.6. The van der Waals surface area contributed by atoms with E-state index in [4.69, 9.17) is 0 Å². The minimum absolute atomic E-state index is 0.0622. The number of sulfonamides is 1. The Morgan fingerprint density at radius 2 is 1.80 bits per heavy atom. The summed E-state index contributed by atoms with van der Waals surface area (Å²) < 4.78 is 40.3. The molecule has 0 spiro atoms. The first-order valence-corrected chi connectivity index (χ1v) is 10.8. The van der Waals surface area contributed by atoms with E-state index < -0.39 is 10.0 Å². The van der Waals surface area contributed by atoms with Crippen LogP contribution in [0.5, 0.6) is 0 Å². The van der Waals surface area contributed by atoms with Gasteiger partial charge in [-0.1, -0.05) is 18.6 Å². The van der Waals surface area contributed by atoms with Crippen molar-refractivity contribution in [3.63, 3.8) is 0 Å². The summed E-state index contributed by atoms with van der Waals surface area (Å²) in [5, 5.41) is 7.03. The summed E-state index contributed by atoms with van der Waals surface area (Å²) in [5.74, 6) is -0.407. The number of hydrogen-bond acceptors (Lipinski definition) is 4. The molecule has 25 heavy (non-hydrogen) atoms. The molecule has 0 unspecified atom stereocenters. The van der Waals surface area contributed by atoms with Crippen molar-refractivity contribution in [3.05, 3.63) is 35.6 Å². The molecule has 2 aliphatic heterocycles. The highest BCUT2D eigenvalue weighted by Crippen LogP contribution is 2.19. The Morgan fingerprint density at radius 1 is 1.08 bits per heavy atom. The third kappa shape index (κ3) is 5.48. The number of piperidine rings is 1. The van der Waals surface area contributed by atoms with Crippen molar-refractivity contribution in [3.8, 4) is 0 Å². The fourth-order valence-electron chi connectivity index (χ4n) is 3.70. The van der Waals surface area contributed by atoms with E-state index in [0.29, 0.717) is 24.7 Å². The van der Waals surface area contributed by atoms with Crippen molar-refractivity contribution >= 4 is 10.0 Å². The standard InChI is InChI=1S/C18H28FN3O2S/c19-16-6-4-15(5-7-16)14-25(23,24)22-12-2-1-3-18(13-22)21-17-8-10-20-11-9-17/h4-7,17-18,20-21H,1-3,8-14H2/t18-/m0/s1. The average molecular weight is 370 g/mol. The highest BCUT2D eigenvalue weighted by atomic mass is 32.2. The van der Waals surface area contributed by atoms with Gasteiger partial charge in [-0.05, 0) is 56.5 Å². The third-order valence-electron chi connectivity index (χ3n) is 5.10. The van der Waals surface area contributed by atoms with Gasteiger partial charge >= 0.3 is 0 Å². The zero-order valence-corrected chi connectivity index (χ0v) is 15.4. The summed E-state index contributed by atoms with van der Waals surface area (Å²) in [5.41, 5.74) is 0.633. The van der Waals surface area contributed by atoms with E-state index in [1.165, 1.54) is 12.1 Å². The van der Waals surface area contributed by atoms with Crippen molar-refractivity contribution in [1.82, 2.24) is 14.9 Å². The lowest BCUT2D eigenvalue weighted by molar-refractivity contribution is 0.309. The summed E-state index contributed by atoms with van der Waals surface area (Å²) in [6.45, 7) is 3.16. The molecule has 1 aromatic rings. The maximum Gasteiger partial charge on any atom is 0.218 e. The van der Waals surface area contributed by atoms with E-state index in [2.05, 4.69) is 10.6 Å². The van der Waals surface area contributed by atoms with Crippen molar-refractivity contribution < 1.29 is 12.8 Å². The van der Waals surface area contributed by atoms with Gasteiger partial charge in [-0.25, -0.2) is 17.1 Å².